The minimum atomic E-state index is -2.55. The molecule has 18 heavy (non-hydrogen) atoms. The highest BCUT2D eigenvalue weighted by molar-refractivity contribution is 7.99. The van der Waals surface area contributed by atoms with Crippen LogP contribution in [-0.2, 0) is 12.3 Å². The summed E-state index contributed by atoms with van der Waals surface area (Å²) in [6.07, 6.45) is -0.00877. The van der Waals surface area contributed by atoms with Gasteiger partial charge in [0.1, 0.15) is 11.5 Å². The van der Waals surface area contributed by atoms with Crippen LogP contribution in [-0.4, -0.2) is 22.3 Å². The van der Waals surface area contributed by atoms with Gasteiger partial charge in [0.25, 0.3) is 6.43 Å². The highest BCUT2D eigenvalue weighted by Gasteiger charge is 2.16. The molecule has 0 aliphatic rings. The summed E-state index contributed by atoms with van der Waals surface area (Å²) in [6.45, 7) is 4.56. The van der Waals surface area contributed by atoms with Crippen LogP contribution in [0.2, 0.25) is 0 Å². The molecule has 0 aliphatic heterocycles. The summed E-state index contributed by atoms with van der Waals surface area (Å²) in [7, 11) is 1.71. The molecule has 1 N–H and O–H groups in total. The maximum atomic E-state index is 12.9. The first kappa shape index (κ1) is 15.3. The fourth-order valence-electron chi connectivity index (χ4n) is 1.38. The van der Waals surface area contributed by atoms with E-state index in [0.29, 0.717) is 28.9 Å². The Morgan fingerprint density at radius 3 is 2.72 bits per heavy atom. The highest BCUT2D eigenvalue weighted by Crippen LogP contribution is 2.23. The lowest BCUT2D eigenvalue weighted by Gasteiger charge is -2.10. The van der Waals surface area contributed by atoms with E-state index >= 15 is 0 Å². The zero-order valence-corrected chi connectivity index (χ0v) is 11.7. The average Bonchev–Trinajstić information content (AvgIpc) is 2.37. The second-order valence-corrected chi connectivity index (χ2v) is 5.48. The van der Waals surface area contributed by atoms with Crippen LogP contribution in [0.5, 0.6) is 0 Å². The summed E-state index contributed by atoms with van der Waals surface area (Å²) in [5.74, 6) is 1.06. The van der Waals surface area contributed by atoms with Crippen LogP contribution in [0.3, 0.4) is 0 Å². The molecule has 1 unspecified atom stereocenters. The Balaban J connectivity index is 2.79. The number of nitrogens with zero attached hydrogens (tertiary/aromatic N) is 2. The third-order valence-corrected chi connectivity index (χ3v) is 3.92. The molecule has 0 bridgehead atoms. The molecule has 1 aromatic heterocycles. The Bertz CT molecular complexity index is 374. The zero-order valence-electron chi connectivity index (χ0n) is 10.9. The van der Waals surface area contributed by atoms with Crippen LogP contribution in [0.15, 0.2) is 6.20 Å². The summed E-state index contributed by atoms with van der Waals surface area (Å²) in [4.78, 5) is 8.12. The summed E-state index contributed by atoms with van der Waals surface area (Å²) in [5.41, 5.74) is 0.309. The first-order valence-corrected chi connectivity index (χ1v) is 7.02. The van der Waals surface area contributed by atoms with Gasteiger partial charge >= 0.3 is 0 Å². The Labute approximate surface area is 111 Å². The number of hydrogen-bond donors (Lipinski definition) is 1. The Morgan fingerprint density at radius 2 is 2.17 bits per heavy atom. The third-order valence-electron chi connectivity index (χ3n) is 2.59. The van der Waals surface area contributed by atoms with E-state index in [4.69, 9.17) is 0 Å². The molecule has 0 radical (unpaired) electrons. The number of halogens is 2. The van der Waals surface area contributed by atoms with Crippen LogP contribution in [0.1, 0.15) is 43.8 Å². The minimum absolute atomic E-state index is 0.154. The molecule has 1 aromatic rings. The molecule has 0 saturated carbocycles. The van der Waals surface area contributed by atoms with Gasteiger partial charge in [0.2, 0.25) is 0 Å². The van der Waals surface area contributed by atoms with E-state index in [-0.39, 0.29) is 5.69 Å². The van der Waals surface area contributed by atoms with Gasteiger partial charge in [-0.15, -0.1) is 0 Å². The summed E-state index contributed by atoms with van der Waals surface area (Å²) in [5, 5.41) is 3.33. The van der Waals surface area contributed by atoms with E-state index < -0.39 is 6.43 Å². The summed E-state index contributed by atoms with van der Waals surface area (Å²) in [6, 6.07) is 0. The molecule has 6 heteroatoms. The summed E-state index contributed by atoms with van der Waals surface area (Å²) >= 11 is 1.68. The van der Waals surface area contributed by atoms with Crippen LogP contribution >= 0.6 is 11.8 Å². The van der Waals surface area contributed by atoms with E-state index in [1.807, 2.05) is 0 Å². The van der Waals surface area contributed by atoms with Crippen molar-refractivity contribution in [2.45, 2.75) is 44.2 Å². The molecule has 3 nitrogen and oxygen atoms in total. The number of alkyl halides is 2. The molecule has 0 fully saturated rings. The second kappa shape index (κ2) is 7.63. The Hall–Kier alpha value is -0.750. The fourth-order valence-corrected chi connectivity index (χ4v) is 2.19. The monoisotopic (exact) mass is 275 g/mol. The van der Waals surface area contributed by atoms with Gasteiger partial charge in [-0.25, -0.2) is 18.7 Å². The van der Waals surface area contributed by atoms with Crippen LogP contribution < -0.4 is 5.32 Å². The van der Waals surface area contributed by atoms with Crippen molar-refractivity contribution in [2.75, 3.05) is 7.05 Å². The van der Waals surface area contributed by atoms with Gasteiger partial charge in [-0.3, -0.25) is 0 Å². The molecular weight excluding hydrogens is 256 g/mol. The van der Waals surface area contributed by atoms with Crippen molar-refractivity contribution >= 4 is 11.8 Å². The molecule has 102 valence electrons. The predicted molar refractivity (Wildman–Crippen MR) is 70.8 cm³/mol. The maximum absolute atomic E-state index is 12.9. The van der Waals surface area contributed by atoms with Gasteiger partial charge in [-0.05, 0) is 13.5 Å². The lowest BCUT2D eigenvalue weighted by molar-refractivity contribution is 0.144. The smallest absolute Gasteiger partial charge is 0.280 e. The molecule has 1 heterocycles. The second-order valence-electron chi connectivity index (χ2n) is 4.06. The lowest BCUT2D eigenvalue weighted by atomic mass is 10.2. The van der Waals surface area contributed by atoms with Crippen LogP contribution in [0.4, 0.5) is 8.78 Å². The Morgan fingerprint density at radius 1 is 1.44 bits per heavy atom. The SMILES string of the molecule is CCC(C)SCc1ncc(CNC)c(C(F)F)n1. The van der Waals surface area contributed by atoms with E-state index in [9.17, 15) is 8.78 Å². The van der Waals surface area contributed by atoms with Gasteiger partial charge < -0.3 is 5.32 Å². The van der Waals surface area contributed by atoms with Gasteiger partial charge in [0.05, 0.1) is 5.75 Å². The molecule has 1 rings (SSSR count). The average molecular weight is 275 g/mol. The first-order valence-electron chi connectivity index (χ1n) is 5.97. The molecule has 0 aliphatic carbocycles. The molecule has 0 aromatic carbocycles. The standard InChI is InChI=1S/C12H19F2N3S/c1-4-8(2)18-7-10-16-6-9(5-15-3)11(17-10)12(13)14/h6,8,12,15H,4-5,7H2,1-3H3. The van der Waals surface area contributed by atoms with Gasteiger partial charge in [-0.2, -0.15) is 11.8 Å². The van der Waals surface area contributed by atoms with Crippen molar-refractivity contribution in [3.05, 3.63) is 23.3 Å². The summed E-state index contributed by atoms with van der Waals surface area (Å²) < 4.78 is 25.7. The van der Waals surface area contributed by atoms with Gasteiger partial charge in [0.15, 0.2) is 0 Å². The zero-order chi connectivity index (χ0) is 13.5. The number of aromatic nitrogens is 2. The topological polar surface area (TPSA) is 37.8 Å². The van der Waals surface area contributed by atoms with Gasteiger partial charge in [-0.1, -0.05) is 13.8 Å². The highest BCUT2D eigenvalue weighted by atomic mass is 32.2. The van der Waals surface area contributed by atoms with Crippen molar-refractivity contribution in [3.8, 4) is 0 Å². The number of rotatable bonds is 7. The predicted octanol–water partition coefficient (Wildman–Crippen LogP) is 3.17. The maximum Gasteiger partial charge on any atom is 0.280 e. The molecule has 0 saturated heterocycles. The van der Waals surface area contributed by atoms with E-state index in [2.05, 4.69) is 29.1 Å². The normalized spacial score (nSPS) is 13.0. The van der Waals surface area contributed by atoms with E-state index in [1.165, 1.54) is 6.20 Å². The number of hydrogen-bond acceptors (Lipinski definition) is 4. The van der Waals surface area contributed by atoms with Crippen LogP contribution in [0.25, 0.3) is 0 Å². The molecule has 1 atom stereocenters. The minimum Gasteiger partial charge on any atom is -0.316 e. The molecular formula is C12H19F2N3S. The quantitative estimate of drug-likeness (QED) is 0.829. The third kappa shape index (κ3) is 4.49. The van der Waals surface area contributed by atoms with Crippen molar-refractivity contribution < 1.29 is 8.78 Å². The van der Waals surface area contributed by atoms with Crippen molar-refractivity contribution in [3.63, 3.8) is 0 Å². The number of thioether (sulfide) groups is 1. The van der Waals surface area contributed by atoms with Crippen molar-refractivity contribution in [1.29, 1.82) is 0 Å². The largest absolute Gasteiger partial charge is 0.316 e. The van der Waals surface area contributed by atoms with E-state index in [1.54, 1.807) is 18.8 Å². The molecule has 0 spiro atoms. The fraction of sp³-hybridized carbons (Fsp3) is 0.667. The first-order chi connectivity index (χ1) is 8.58. The molecule has 0 amide bonds. The van der Waals surface area contributed by atoms with Crippen molar-refractivity contribution in [2.24, 2.45) is 0 Å². The lowest BCUT2D eigenvalue weighted by Crippen LogP contribution is -2.12. The van der Waals surface area contributed by atoms with E-state index in [0.717, 1.165) is 6.42 Å². The van der Waals surface area contributed by atoms with Gasteiger partial charge in [0, 0.05) is 23.6 Å². The number of nitrogens with one attached hydrogen (secondary N) is 1. The Kier molecular flexibility index (Phi) is 6.49. The van der Waals surface area contributed by atoms with Crippen LogP contribution in [0, 0.1) is 0 Å². The van der Waals surface area contributed by atoms with Crippen molar-refractivity contribution in [1.82, 2.24) is 15.3 Å².